The predicted molar refractivity (Wildman–Crippen MR) is 153 cm³/mol. The fraction of sp³-hybridized carbons (Fsp3) is 0. The molecule has 0 unspecified atom stereocenters. The van der Waals surface area contributed by atoms with Gasteiger partial charge in [-0.2, -0.15) is 0 Å². The molecule has 8 rings (SSSR count). The average molecular weight is 489 g/mol. The molecule has 4 aromatic heterocycles. The molecule has 0 aliphatic rings. The molecule has 0 radical (unpaired) electrons. The molecule has 0 amide bonds. The smallest absolute Gasteiger partial charge is 0.178 e. The second-order valence-electron chi connectivity index (χ2n) is 9.43. The highest BCUT2D eigenvalue weighted by Gasteiger charge is 2.16. The van der Waals surface area contributed by atoms with Crippen molar-refractivity contribution in [1.29, 1.82) is 0 Å². The molecule has 4 heterocycles. The molecule has 0 fully saturated rings. The van der Waals surface area contributed by atoms with Gasteiger partial charge in [-0.1, -0.05) is 60.7 Å². The summed E-state index contributed by atoms with van der Waals surface area (Å²) in [6.07, 6.45) is 1.79. The Bertz CT molecular complexity index is 2120. The van der Waals surface area contributed by atoms with Gasteiger partial charge < -0.3 is 8.83 Å². The summed E-state index contributed by atoms with van der Waals surface area (Å²) in [5.74, 6) is 0. The third kappa shape index (κ3) is 3.24. The summed E-state index contributed by atoms with van der Waals surface area (Å²) < 4.78 is 12.5. The van der Waals surface area contributed by atoms with E-state index in [1.54, 1.807) is 6.20 Å². The molecule has 0 saturated heterocycles. The summed E-state index contributed by atoms with van der Waals surface area (Å²) in [7, 11) is 0. The molecule has 0 saturated carbocycles. The van der Waals surface area contributed by atoms with Crippen LogP contribution in [0.5, 0.6) is 0 Å². The van der Waals surface area contributed by atoms with E-state index in [0.717, 1.165) is 77.6 Å². The van der Waals surface area contributed by atoms with Crippen molar-refractivity contribution in [3.8, 4) is 33.8 Å². The number of fused-ring (bicyclic) bond motifs is 7. The highest BCUT2D eigenvalue weighted by atomic mass is 16.4. The van der Waals surface area contributed by atoms with Crippen molar-refractivity contribution >= 4 is 43.9 Å². The van der Waals surface area contributed by atoms with Gasteiger partial charge in [0.25, 0.3) is 0 Å². The first-order valence-electron chi connectivity index (χ1n) is 12.6. The molecule has 4 aromatic carbocycles. The van der Waals surface area contributed by atoms with E-state index >= 15 is 0 Å². The largest absolute Gasteiger partial charge is 0.452 e. The second-order valence-corrected chi connectivity index (χ2v) is 9.43. The lowest BCUT2D eigenvalue weighted by Gasteiger charge is -2.07. The molecule has 0 aliphatic heterocycles. The molecule has 8 aromatic rings. The lowest BCUT2D eigenvalue weighted by Crippen LogP contribution is -1.89. The van der Waals surface area contributed by atoms with Gasteiger partial charge in [-0.25, -0.2) is 4.98 Å². The number of hydrogen-bond donors (Lipinski definition) is 0. The van der Waals surface area contributed by atoms with Crippen LogP contribution in [0.3, 0.4) is 0 Å². The summed E-state index contributed by atoms with van der Waals surface area (Å²) in [5, 5.41) is 4.31. The lowest BCUT2D eigenvalue weighted by molar-refractivity contribution is 0.633. The van der Waals surface area contributed by atoms with Crippen LogP contribution in [0.4, 0.5) is 0 Å². The Balaban J connectivity index is 1.19. The first-order valence-corrected chi connectivity index (χ1v) is 12.6. The van der Waals surface area contributed by atoms with Gasteiger partial charge in [-0.05, 0) is 65.7 Å². The minimum Gasteiger partial charge on any atom is -0.452 e. The van der Waals surface area contributed by atoms with Crippen LogP contribution in [0.25, 0.3) is 77.6 Å². The Morgan fingerprint density at radius 1 is 0.421 bits per heavy atom. The van der Waals surface area contributed by atoms with Gasteiger partial charge in [-0.3, -0.25) is 4.98 Å². The van der Waals surface area contributed by atoms with Crippen LogP contribution in [-0.2, 0) is 0 Å². The van der Waals surface area contributed by atoms with Gasteiger partial charge in [0.15, 0.2) is 11.2 Å². The molecule has 178 valence electrons. The van der Waals surface area contributed by atoms with Crippen molar-refractivity contribution in [3.05, 3.63) is 121 Å². The van der Waals surface area contributed by atoms with E-state index in [1.165, 1.54) is 0 Å². The summed E-state index contributed by atoms with van der Waals surface area (Å²) in [6.45, 7) is 0. The monoisotopic (exact) mass is 488 g/mol. The Morgan fingerprint density at radius 2 is 1.08 bits per heavy atom. The fourth-order valence-corrected chi connectivity index (χ4v) is 5.28. The Kier molecular flexibility index (Phi) is 4.49. The molecular weight excluding hydrogens is 468 g/mol. The average Bonchev–Trinajstić information content (AvgIpc) is 3.56. The summed E-state index contributed by atoms with van der Waals surface area (Å²) in [6, 6.07) is 39.2. The zero-order valence-electron chi connectivity index (χ0n) is 20.3. The van der Waals surface area contributed by atoms with Crippen molar-refractivity contribution in [1.82, 2.24) is 9.97 Å². The standard InChI is InChI=1S/C34H20N2O2/c1-2-10-31-24(6-1)25-16-17-26-27-20-23(15-18-32(27)38-34(26)33(25)37-31)21-11-13-22(14-12-21)28-8-5-9-30(36-28)29-7-3-4-19-35-29/h1-20H. The van der Waals surface area contributed by atoms with Gasteiger partial charge >= 0.3 is 0 Å². The first-order chi connectivity index (χ1) is 18.8. The van der Waals surface area contributed by atoms with Crippen molar-refractivity contribution in [2.24, 2.45) is 0 Å². The summed E-state index contributed by atoms with van der Waals surface area (Å²) >= 11 is 0. The van der Waals surface area contributed by atoms with Crippen molar-refractivity contribution in [2.45, 2.75) is 0 Å². The molecule has 38 heavy (non-hydrogen) atoms. The molecule has 4 nitrogen and oxygen atoms in total. The van der Waals surface area contributed by atoms with E-state index in [4.69, 9.17) is 13.8 Å². The number of furan rings is 2. The Hall–Kier alpha value is -5.22. The zero-order valence-corrected chi connectivity index (χ0v) is 20.3. The molecule has 0 spiro atoms. The van der Waals surface area contributed by atoms with Crippen LogP contribution in [0.2, 0.25) is 0 Å². The number of nitrogens with zero attached hydrogens (tertiary/aromatic N) is 2. The number of aromatic nitrogens is 2. The first kappa shape index (κ1) is 20.9. The maximum absolute atomic E-state index is 6.30. The van der Waals surface area contributed by atoms with E-state index in [9.17, 15) is 0 Å². The topological polar surface area (TPSA) is 52.1 Å². The van der Waals surface area contributed by atoms with Crippen molar-refractivity contribution in [2.75, 3.05) is 0 Å². The van der Waals surface area contributed by atoms with E-state index < -0.39 is 0 Å². The quantitative estimate of drug-likeness (QED) is 0.249. The number of rotatable bonds is 3. The highest BCUT2D eigenvalue weighted by molar-refractivity contribution is 6.19. The number of pyridine rings is 2. The second kappa shape index (κ2) is 8.15. The Labute approximate surface area is 217 Å². The molecule has 4 heteroatoms. The number of para-hydroxylation sites is 1. The SMILES string of the molecule is c1ccc(-c2cccc(-c3ccc(-c4ccc5oc6c(ccc7c8ccccc8oc76)c5c4)cc3)n2)nc1. The molecule has 0 bridgehead atoms. The third-order valence-corrected chi connectivity index (χ3v) is 7.17. The van der Waals surface area contributed by atoms with Crippen LogP contribution in [0, 0.1) is 0 Å². The fourth-order valence-electron chi connectivity index (χ4n) is 5.28. The molecule has 0 N–H and O–H groups in total. The van der Waals surface area contributed by atoms with Crippen LogP contribution >= 0.6 is 0 Å². The van der Waals surface area contributed by atoms with Crippen LogP contribution in [0.15, 0.2) is 130 Å². The van der Waals surface area contributed by atoms with Gasteiger partial charge in [0.2, 0.25) is 0 Å². The maximum atomic E-state index is 6.30. The number of hydrogen-bond acceptors (Lipinski definition) is 4. The van der Waals surface area contributed by atoms with E-state index in [0.29, 0.717) is 0 Å². The molecular formula is C34H20N2O2. The Morgan fingerprint density at radius 3 is 1.89 bits per heavy atom. The van der Waals surface area contributed by atoms with Crippen molar-refractivity contribution in [3.63, 3.8) is 0 Å². The van der Waals surface area contributed by atoms with E-state index in [-0.39, 0.29) is 0 Å². The van der Waals surface area contributed by atoms with Crippen LogP contribution in [0.1, 0.15) is 0 Å². The predicted octanol–water partition coefficient (Wildman–Crippen LogP) is 9.28. The van der Waals surface area contributed by atoms with Crippen LogP contribution in [-0.4, -0.2) is 9.97 Å². The van der Waals surface area contributed by atoms with Crippen molar-refractivity contribution < 1.29 is 8.83 Å². The lowest BCUT2D eigenvalue weighted by atomic mass is 10.00. The highest BCUT2D eigenvalue weighted by Crippen LogP contribution is 2.39. The zero-order chi connectivity index (χ0) is 25.1. The third-order valence-electron chi connectivity index (χ3n) is 7.17. The van der Waals surface area contributed by atoms with Gasteiger partial charge in [0, 0.05) is 33.3 Å². The summed E-state index contributed by atoms with van der Waals surface area (Å²) in [5.41, 5.74) is 9.29. The molecule has 0 aliphatic carbocycles. The van der Waals surface area contributed by atoms with Gasteiger partial charge in [-0.15, -0.1) is 0 Å². The van der Waals surface area contributed by atoms with E-state index in [2.05, 4.69) is 59.6 Å². The summed E-state index contributed by atoms with van der Waals surface area (Å²) in [4.78, 5) is 9.27. The van der Waals surface area contributed by atoms with Crippen LogP contribution < -0.4 is 0 Å². The molecule has 0 atom stereocenters. The van der Waals surface area contributed by atoms with E-state index in [1.807, 2.05) is 60.7 Å². The maximum Gasteiger partial charge on any atom is 0.178 e. The van der Waals surface area contributed by atoms with Gasteiger partial charge in [0.1, 0.15) is 11.2 Å². The van der Waals surface area contributed by atoms with Gasteiger partial charge in [0.05, 0.1) is 17.1 Å². The minimum absolute atomic E-state index is 0.792. The normalized spacial score (nSPS) is 11.7. The minimum atomic E-state index is 0.792. The number of benzene rings is 4.